The van der Waals surface area contributed by atoms with Gasteiger partial charge in [-0.05, 0) is 35.7 Å². The molecule has 2 aromatic rings. The number of nitrogens with two attached hydrogens (primary N) is 1. The third-order valence-electron chi connectivity index (χ3n) is 2.85. The van der Waals surface area contributed by atoms with E-state index in [-0.39, 0.29) is 6.54 Å². The van der Waals surface area contributed by atoms with E-state index >= 15 is 0 Å². The van der Waals surface area contributed by atoms with Crippen LogP contribution >= 0.6 is 11.6 Å². The molecule has 0 amide bonds. The van der Waals surface area contributed by atoms with Gasteiger partial charge in [0.25, 0.3) is 5.82 Å². The smallest absolute Gasteiger partial charge is 0.399 e. The van der Waals surface area contributed by atoms with Crippen LogP contribution in [0.4, 0.5) is 27.6 Å². The Morgan fingerprint density at radius 1 is 1.23 bits per heavy atom. The van der Waals surface area contributed by atoms with E-state index in [1.165, 1.54) is 12.1 Å². The van der Waals surface area contributed by atoms with Crippen LogP contribution in [0.25, 0.3) is 0 Å². The lowest BCUT2D eigenvalue weighted by Gasteiger charge is -2.10. The van der Waals surface area contributed by atoms with E-state index in [0.717, 1.165) is 0 Å². The summed E-state index contributed by atoms with van der Waals surface area (Å²) < 4.78 is 64.6. The number of rotatable bonds is 3. The van der Waals surface area contributed by atoms with Gasteiger partial charge in [-0.15, -0.1) is 5.10 Å². The molecule has 10 heteroatoms. The van der Waals surface area contributed by atoms with Gasteiger partial charge in [-0.3, -0.25) is 0 Å². The number of anilines is 1. The first-order valence-corrected chi connectivity index (χ1v) is 6.30. The highest BCUT2D eigenvalue weighted by Gasteiger charge is 2.42. The Morgan fingerprint density at radius 3 is 2.36 bits per heavy atom. The van der Waals surface area contributed by atoms with Gasteiger partial charge in [-0.1, -0.05) is 12.1 Å². The second kappa shape index (κ2) is 5.38. The van der Waals surface area contributed by atoms with E-state index in [1.807, 2.05) is 0 Å². The number of aryl methyl sites for hydroxylation is 1. The largest absolute Gasteiger partial charge is 0.453 e. The number of nitrogen functional groups attached to an aromatic ring is 1. The molecule has 0 unspecified atom stereocenters. The number of alkyl halides is 6. The molecule has 0 aliphatic heterocycles. The number of halogens is 6. The summed E-state index contributed by atoms with van der Waals surface area (Å²) >= 11 is 4.81. The molecule has 1 aromatic carbocycles. The molecule has 0 bridgehead atoms. The maximum atomic E-state index is 13.2. The Kier molecular flexibility index (Phi) is 4.03. The number of hydrogen-bond acceptors (Lipinski definition) is 3. The molecule has 0 fully saturated rings. The van der Waals surface area contributed by atoms with E-state index in [9.17, 15) is 22.0 Å². The maximum Gasteiger partial charge on any atom is 0.453 e. The van der Waals surface area contributed by atoms with Crippen molar-refractivity contribution in [2.75, 3.05) is 5.73 Å². The molecule has 120 valence electrons. The van der Waals surface area contributed by atoms with Crippen molar-refractivity contribution in [2.45, 2.75) is 25.0 Å². The highest BCUT2D eigenvalue weighted by Crippen LogP contribution is 2.34. The first kappa shape index (κ1) is 16.5. The average Bonchev–Trinajstić information content (AvgIpc) is 2.77. The van der Waals surface area contributed by atoms with Gasteiger partial charge in [0.2, 0.25) is 5.82 Å². The minimum atomic E-state index is -4.95. The summed E-state index contributed by atoms with van der Waals surface area (Å²) in [6.45, 7) is 1.33. The lowest BCUT2D eigenvalue weighted by Crippen LogP contribution is -2.15. The Morgan fingerprint density at radius 2 is 1.86 bits per heavy atom. The monoisotopic (exact) mass is 340 g/mol. The van der Waals surface area contributed by atoms with E-state index in [0.29, 0.717) is 21.5 Å². The predicted molar refractivity (Wildman–Crippen MR) is 69.5 cm³/mol. The van der Waals surface area contributed by atoms with Crippen molar-refractivity contribution in [3.8, 4) is 0 Å². The maximum absolute atomic E-state index is 13.2. The van der Waals surface area contributed by atoms with Crippen molar-refractivity contribution in [1.82, 2.24) is 14.8 Å². The average molecular weight is 341 g/mol. The van der Waals surface area contributed by atoms with Crippen LogP contribution in [0.3, 0.4) is 0 Å². The highest BCUT2D eigenvalue weighted by atomic mass is 35.5. The molecule has 0 saturated carbocycles. The molecule has 2 rings (SSSR count). The topological polar surface area (TPSA) is 56.7 Å². The molecule has 0 atom stereocenters. The molecule has 0 spiro atoms. The molecule has 0 aliphatic rings. The fourth-order valence-electron chi connectivity index (χ4n) is 1.79. The standard InChI is InChI=1S/C12H10ClF5N4/c1-6-4-7(2-3-8(6)19)5-22-10(11(13,14)15)20-9(21-22)12(16,17)18/h2-4H,5,19H2,1H3. The minimum Gasteiger partial charge on any atom is -0.399 e. The second-order valence-corrected chi connectivity index (χ2v) is 5.08. The normalized spacial score (nSPS) is 12.7. The van der Waals surface area contributed by atoms with Gasteiger partial charge in [0.05, 0.1) is 6.54 Å². The van der Waals surface area contributed by atoms with Gasteiger partial charge in [0, 0.05) is 5.69 Å². The SMILES string of the molecule is Cc1cc(Cn2nc(C(F)(F)F)nc2C(F)(F)Cl)ccc1N. The fraction of sp³-hybridized carbons (Fsp3) is 0.333. The zero-order valence-corrected chi connectivity index (χ0v) is 11.9. The summed E-state index contributed by atoms with van der Waals surface area (Å²) in [5.41, 5.74) is 7.19. The fourth-order valence-corrected chi connectivity index (χ4v) is 1.93. The van der Waals surface area contributed by atoms with Crippen LogP contribution in [0.1, 0.15) is 22.8 Å². The second-order valence-electron chi connectivity index (χ2n) is 4.60. The van der Waals surface area contributed by atoms with Gasteiger partial charge >= 0.3 is 11.6 Å². The number of hydrogen-bond donors (Lipinski definition) is 1. The molecule has 1 heterocycles. The molecule has 0 aliphatic carbocycles. The molecule has 0 radical (unpaired) electrons. The highest BCUT2D eigenvalue weighted by molar-refractivity contribution is 6.21. The van der Waals surface area contributed by atoms with Crippen LogP contribution in [0, 0.1) is 6.92 Å². The Labute approximate surface area is 126 Å². The van der Waals surface area contributed by atoms with Gasteiger partial charge in [0.1, 0.15) is 0 Å². The summed E-state index contributed by atoms with van der Waals surface area (Å²) in [5.74, 6) is -2.94. The van der Waals surface area contributed by atoms with Crippen LogP contribution < -0.4 is 5.73 Å². The molecule has 1 aromatic heterocycles. The zero-order chi connectivity index (χ0) is 16.7. The van der Waals surface area contributed by atoms with Gasteiger partial charge in [-0.25, -0.2) is 9.67 Å². The number of benzene rings is 1. The van der Waals surface area contributed by atoms with Crippen LogP contribution in [0.2, 0.25) is 0 Å². The van der Waals surface area contributed by atoms with Crippen molar-refractivity contribution in [3.63, 3.8) is 0 Å². The molecule has 22 heavy (non-hydrogen) atoms. The third kappa shape index (κ3) is 3.46. The first-order valence-electron chi connectivity index (χ1n) is 5.92. The van der Waals surface area contributed by atoms with Crippen molar-refractivity contribution in [3.05, 3.63) is 41.0 Å². The summed E-state index contributed by atoms with van der Waals surface area (Å²) in [4.78, 5) is 2.81. The molecule has 0 saturated heterocycles. The molecular weight excluding hydrogens is 331 g/mol. The van der Waals surface area contributed by atoms with Crippen LogP contribution in [-0.4, -0.2) is 14.8 Å². The van der Waals surface area contributed by atoms with E-state index in [1.54, 1.807) is 13.0 Å². The summed E-state index contributed by atoms with van der Waals surface area (Å²) in [7, 11) is 0. The van der Waals surface area contributed by atoms with Gasteiger partial charge in [0.15, 0.2) is 0 Å². The van der Waals surface area contributed by atoms with E-state index < -0.39 is 23.2 Å². The van der Waals surface area contributed by atoms with Crippen LogP contribution in [0.5, 0.6) is 0 Å². The summed E-state index contributed by atoms with van der Waals surface area (Å²) in [5, 5.41) is -0.990. The first-order chi connectivity index (χ1) is 9.98. The Hall–Kier alpha value is -1.90. The van der Waals surface area contributed by atoms with Crippen molar-refractivity contribution < 1.29 is 22.0 Å². The van der Waals surface area contributed by atoms with Crippen molar-refractivity contribution in [2.24, 2.45) is 0 Å². The van der Waals surface area contributed by atoms with E-state index in [4.69, 9.17) is 17.3 Å². The molecule has 4 nitrogen and oxygen atoms in total. The lowest BCUT2D eigenvalue weighted by atomic mass is 10.1. The Balaban J connectivity index is 2.44. The molecule has 2 N–H and O–H groups in total. The Bertz CT molecular complexity index is 690. The molecular formula is C12H10ClF5N4. The van der Waals surface area contributed by atoms with Crippen LogP contribution in [0.15, 0.2) is 18.2 Å². The van der Waals surface area contributed by atoms with Crippen molar-refractivity contribution in [1.29, 1.82) is 0 Å². The van der Waals surface area contributed by atoms with Gasteiger partial charge < -0.3 is 5.73 Å². The van der Waals surface area contributed by atoms with Crippen LogP contribution in [-0.2, 0) is 18.1 Å². The van der Waals surface area contributed by atoms with E-state index in [2.05, 4.69) is 10.1 Å². The summed E-state index contributed by atoms with van der Waals surface area (Å²) in [6, 6.07) is 4.57. The minimum absolute atomic E-state index is 0.345. The quantitative estimate of drug-likeness (QED) is 0.528. The van der Waals surface area contributed by atoms with Gasteiger partial charge in [-0.2, -0.15) is 22.0 Å². The number of nitrogens with zero attached hydrogens (tertiary/aromatic N) is 3. The van der Waals surface area contributed by atoms with Crippen molar-refractivity contribution >= 4 is 17.3 Å². The number of aromatic nitrogens is 3. The predicted octanol–water partition coefficient (Wildman–Crippen LogP) is 3.52. The lowest BCUT2D eigenvalue weighted by molar-refractivity contribution is -0.145. The summed E-state index contributed by atoms with van der Waals surface area (Å²) in [6.07, 6.45) is -4.95. The zero-order valence-electron chi connectivity index (χ0n) is 11.1. The third-order valence-corrected chi connectivity index (χ3v) is 3.01.